The molecule has 1 aromatic heterocycles. The second kappa shape index (κ2) is 3.38. The van der Waals surface area contributed by atoms with Crippen molar-refractivity contribution in [3.05, 3.63) is 29.7 Å². The fourth-order valence-electron chi connectivity index (χ4n) is 1.57. The number of rotatable bonds is 2. The van der Waals surface area contributed by atoms with E-state index in [0.29, 0.717) is 18.7 Å². The third-order valence-corrected chi connectivity index (χ3v) is 2.37. The van der Waals surface area contributed by atoms with Crippen molar-refractivity contribution < 1.29 is 4.39 Å². The lowest BCUT2D eigenvalue weighted by Crippen LogP contribution is -2.10. The molecule has 0 amide bonds. The zero-order chi connectivity index (χ0) is 10.1. The summed E-state index contributed by atoms with van der Waals surface area (Å²) in [4.78, 5) is 0. The first-order chi connectivity index (χ1) is 6.74. The number of nitrogens with zero attached hydrogens (tertiary/aromatic N) is 2. The monoisotopic (exact) mass is 193 g/mol. The number of hydrogen-bond donors (Lipinski definition) is 1. The first-order valence-corrected chi connectivity index (χ1v) is 4.54. The summed E-state index contributed by atoms with van der Waals surface area (Å²) in [7, 11) is 0. The summed E-state index contributed by atoms with van der Waals surface area (Å²) in [6.45, 7) is 2.95. The van der Waals surface area contributed by atoms with Gasteiger partial charge in [0.15, 0.2) is 0 Å². The van der Waals surface area contributed by atoms with Crippen LogP contribution >= 0.6 is 0 Å². The van der Waals surface area contributed by atoms with E-state index < -0.39 is 0 Å². The van der Waals surface area contributed by atoms with Crippen LogP contribution in [0.25, 0.3) is 10.9 Å². The minimum absolute atomic E-state index is 0.190. The van der Waals surface area contributed by atoms with Gasteiger partial charge in [0.1, 0.15) is 5.82 Å². The van der Waals surface area contributed by atoms with E-state index in [9.17, 15) is 4.39 Å². The Kier molecular flexibility index (Phi) is 2.21. The third-order valence-electron chi connectivity index (χ3n) is 2.37. The second-order valence-electron chi connectivity index (χ2n) is 3.26. The number of nitrogens with two attached hydrogens (primary N) is 1. The molecular formula is C10H12FN3. The number of fused-ring (bicyclic) bond motifs is 1. The fraction of sp³-hybridized carbons (Fsp3) is 0.300. The zero-order valence-corrected chi connectivity index (χ0v) is 8.00. The van der Waals surface area contributed by atoms with E-state index in [0.717, 1.165) is 10.9 Å². The predicted molar refractivity (Wildman–Crippen MR) is 53.5 cm³/mol. The minimum atomic E-state index is -0.190. The van der Waals surface area contributed by atoms with Crippen molar-refractivity contribution in [2.75, 3.05) is 6.54 Å². The number of aryl methyl sites for hydroxylation is 1. The van der Waals surface area contributed by atoms with Crippen LogP contribution in [-0.2, 0) is 6.54 Å². The molecule has 0 atom stereocenters. The van der Waals surface area contributed by atoms with Crippen LogP contribution in [0, 0.1) is 12.7 Å². The summed E-state index contributed by atoms with van der Waals surface area (Å²) in [5.74, 6) is -0.190. The molecule has 74 valence electrons. The summed E-state index contributed by atoms with van der Waals surface area (Å²) in [5.41, 5.74) is 7.03. The van der Waals surface area contributed by atoms with Crippen molar-refractivity contribution >= 4 is 10.9 Å². The van der Waals surface area contributed by atoms with Gasteiger partial charge in [0.25, 0.3) is 0 Å². The predicted octanol–water partition coefficient (Wildman–Crippen LogP) is 1.44. The number of hydrogen-bond acceptors (Lipinski definition) is 2. The van der Waals surface area contributed by atoms with Crippen LogP contribution in [0.5, 0.6) is 0 Å². The van der Waals surface area contributed by atoms with Gasteiger partial charge in [-0.05, 0) is 24.6 Å². The Morgan fingerprint density at radius 1 is 1.50 bits per heavy atom. The van der Waals surface area contributed by atoms with Gasteiger partial charge >= 0.3 is 0 Å². The average molecular weight is 193 g/mol. The van der Waals surface area contributed by atoms with Crippen molar-refractivity contribution in [2.24, 2.45) is 5.73 Å². The molecule has 0 fully saturated rings. The third kappa shape index (κ3) is 1.28. The lowest BCUT2D eigenvalue weighted by molar-refractivity contribution is 0.620. The Bertz CT molecular complexity index is 462. The van der Waals surface area contributed by atoms with E-state index in [2.05, 4.69) is 5.10 Å². The van der Waals surface area contributed by atoms with Gasteiger partial charge in [-0.2, -0.15) is 5.10 Å². The molecule has 0 saturated heterocycles. The van der Waals surface area contributed by atoms with E-state index in [1.54, 1.807) is 23.9 Å². The molecule has 3 nitrogen and oxygen atoms in total. The molecule has 0 unspecified atom stereocenters. The number of aromatic nitrogens is 2. The molecule has 1 heterocycles. The fourth-order valence-corrected chi connectivity index (χ4v) is 1.57. The summed E-state index contributed by atoms with van der Waals surface area (Å²) in [5, 5.41) is 5.02. The Morgan fingerprint density at radius 2 is 2.29 bits per heavy atom. The van der Waals surface area contributed by atoms with Crippen LogP contribution in [0.1, 0.15) is 5.56 Å². The maximum absolute atomic E-state index is 13.2. The maximum Gasteiger partial charge on any atom is 0.126 e. The average Bonchev–Trinajstić information content (AvgIpc) is 2.57. The smallest absolute Gasteiger partial charge is 0.126 e. The summed E-state index contributed by atoms with van der Waals surface area (Å²) in [6, 6.07) is 3.20. The van der Waals surface area contributed by atoms with Crippen molar-refractivity contribution in [1.82, 2.24) is 9.78 Å². The molecule has 0 spiro atoms. The van der Waals surface area contributed by atoms with Crippen LogP contribution in [0.2, 0.25) is 0 Å². The van der Waals surface area contributed by atoms with Crippen LogP contribution in [0.15, 0.2) is 18.3 Å². The quantitative estimate of drug-likeness (QED) is 0.784. The van der Waals surface area contributed by atoms with Crippen molar-refractivity contribution in [1.29, 1.82) is 0 Å². The Hall–Kier alpha value is -1.42. The molecule has 2 N–H and O–H groups in total. The van der Waals surface area contributed by atoms with Gasteiger partial charge in [-0.3, -0.25) is 4.68 Å². The van der Waals surface area contributed by atoms with Gasteiger partial charge in [0, 0.05) is 11.9 Å². The Balaban J connectivity index is 2.64. The van der Waals surface area contributed by atoms with Crippen LogP contribution in [0.3, 0.4) is 0 Å². The molecule has 0 aliphatic heterocycles. The number of benzene rings is 1. The highest BCUT2D eigenvalue weighted by atomic mass is 19.1. The lowest BCUT2D eigenvalue weighted by atomic mass is 10.1. The van der Waals surface area contributed by atoms with Gasteiger partial charge in [-0.1, -0.05) is 0 Å². The van der Waals surface area contributed by atoms with E-state index in [4.69, 9.17) is 5.73 Å². The molecule has 1 aromatic carbocycles. The highest BCUT2D eigenvalue weighted by Crippen LogP contribution is 2.20. The highest BCUT2D eigenvalue weighted by Gasteiger charge is 2.07. The zero-order valence-electron chi connectivity index (χ0n) is 8.00. The first kappa shape index (κ1) is 9.15. The van der Waals surface area contributed by atoms with E-state index >= 15 is 0 Å². The summed E-state index contributed by atoms with van der Waals surface area (Å²) >= 11 is 0. The molecule has 0 radical (unpaired) electrons. The normalized spacial score (nSPS) is 11.1. The van der Waals surface area contributed by atoms with Gasteiger partial charge in [0.05, 0.1) is 18.3 Å². The lowest BCUT2D eigenvalue weighted by Gasteiger charge is -2.02. The molecule has 0 aliphatic rings. The standard InChI is InChI=1S/C10H12FN3/c1-7-8-6-13-14(5-4-12)10(8)3-2-9(7)11/h2-3,6H,4-5,12H2,1H3. The van der Waals surface area contributed by atoms with Gasteiger partial charge in [0.2, 0.25) is 0 Å². The van der Waals surface area contributed by atoms with Gasteiger partial charge in [-0.25, -0.2) is 4.39 Å². The Morgan fingerprint density at radius 3 is 3.00 bits per heavy atom. The second-order valence-corrected chi connectivity index (χ2v) is 3.26. The van der Waals surface area contributed by atoms with E-state index in [-0.39, 0.29) is 5.82 Å². The molecule has 2 rings (SSSR count). The number of halogens is 1. The topological polar surface area (TPSA) is 43.8 Å². The largest absolute Gasteiger partial charge is 0.329 e. The minimum Gasteiger partial charge on any atom is -0.329 e. The van der Waals surface area contributed by atoms with E-state index in [1.165, 1.54) is 6.07 Å². The Labute approximate surface area is 81.3 Å². The van der Waals surface area contributed by atoms with Gasteiger partial charge in [-0.15, -0.1) is 0 Å². The van der Waals surface area contributed by atoms with Crippen molar-refractivity contribution in [3.8, 4) is 0 Å². The molecular weight excluding hydrogens is 181 g/mol. The first-order valence-electron chi connectivity index (χ1n) is 4.54. The summed E-state index contributed by atoms with van der Waals surface area (Å²) in [6.07, 6.45) is 1.68. The SMILES string of the molecule is Cc1c(F)ccc2c1cnn2CCN. The summed E-state index contributed by atoms with van der Waals surface area (Å²) < 4.78 is 15.0. The van der Waals surface area contributed by atoms with Crippen molar-refractivity contribution in [2.45, 2.75) is 13.5 Å². The van der Waals surface area contributed by atoms with Crippen LogP contribution in [0.4, 0.5) is 4.39 Å². The van der Waals surface area contributed by atoms with Crippen molar-refractivity contribution in [3.63, 3.8) is 0 Å². The molecule has 2 aromatic rings. The molecule has 14 heavy (non-hydrogen) atoms. The van der Waals surface area contributed by atoms with E-state index in [1.807, 2.05) is 0 Å². The molecule has 0 bridgehead atoms. The van der Waals surface area contributed by atoms with Crippen LogP contribution < -0.4 is 5.73 Å². The highest BCUT2D eigenvalue weighted by molar-refractivity contribution is 5.82. The molecule has 0 saturated carbocycles. The van der Waals surface area contributed by atoms with Crippen LogP contribution in [-0.4, -0.2) is 16.3 Å². The molecule has 0 aliphatic carbocycles. The maximum atomic E-state index is 13.2. The van der Waals surface area contributed by atoms with Gasteiger partial charge < -0.3 is 5.73 Å². The molecule has 4 heteroatoms.